The topological polar surface area (TPSA) is 6.48 Å². The minimum absolute atomic E-state index is 1.13. The van der Waals surface area contributed by atoms with Crippen molar-refractivity contribution < 1.29 is 0 Å². The highest BCUT2D eigenvalue weighted by Gasteiger charge is 2.22. The average Bonchev–Trinajstić information content (AvgIpc) is 3.33. The molecular weight excluding hydrogens is 773 g/mol. The fourth-order valence-electron chi connectivity index (χ4n) is 10.0. The Morgan fingerprint density at radius 3 is 0.766 bits per heavy atom. The second-order valence-electron chi connectivity index (χ2n) is 17.2. The standard InChI is InChI=1S/C62H56N2/c1-41-43(3)59-47(7)62-46(6)58(40-34-50-31-37-56(38-32-50)64(53-25-17-11-18-26-53)54-27-19-12-20-28-54)42(2)44(4)60(62)48(8)61(59)45(5)57(41)39-33-49-29-35-55(36-30-49)63(51-21-13-9-14-22-51)52-23-15-10-16-24-52/h9-40H,1-8H3. The quantitative estimate of drug-likeness (QED) is 0.100. The van der Waals surface area contributed by atoms with E-state index in [0.717, 1.165) is 34.1 Å². The lowest BCUT2D eigenvalue weighted by Gasteiger charge is -2.25. The van der Waals surface area contributed by atoms with Crippen LogP contribution in [0.15, 0.2) is 170 Å². The van der Waals surface area contributed by atoms with Crippen LogP contribution >= 0.6 is 0 Å². The molecule has 9 aromatic carbocycles. The number of para-hydroxylation sites is 4. The Kier molecular flexibility index (Phi) is 11.6. The van der Waals surface area contributed by atoms with E-state index in [1.54, 1.807) is 0 Å². The van der Waals surface area contributed by atoms with Gasteiger partial charge < -0.3 is 9.80 Å². The summed E-state index contributed by atoms with van der Waals surface area (Å²) in [7, 11) is 0. The molecule has 0 bridgehead atoms. The van der Waals surface area contributed by atoms with Gasteiger partial charge in [-0.1, -0.05) is 121 Å². The Hall–Kier alpha value is -7.42. The molecule has 0 saturated carbocycles. The van der Waals surface area contributed by atoms with E-state index >= 15 is 0 Å². The van der Waals surface area contributed by atoms with Crippen molar-refractivity contribution in [3.63, 3.8) is 0 Å². The van der Waals surface area contributed by atoms with Crippen molar-refractivity contribution in [2.75, 3.05) is 9.80 Å². The number of anilines is 6. The summed E-state index contributed by atoms with van der Waals surface area (Å²) in [6.07, 6.45) is 9.22. The van der Waals surface area contributed by atoms with Crippen LogP contribution in [0.5, 0.6) is 0 Å². The Morgan fingerprint density at radius 1 is 0.234 bits per heavy atom. The molecule has 0 heterocycles. The molecule has 0 aliphatic rings. The molecule has 64 heavy (non-hydrogen) atoms. The van der Waals surface area contributed by atoms with Gasteiger partial charge in [-0.25, -0.2) is 0 Å². The predicted octanol–water partition coefficient (Wildman–Crippen LogP) is 17.7. The van der Waals surface area contributed by atoms with Crippen molar-refractivity contribution in [2.24, 2.45) is 0 Å². The third-order valence-corrected chi connectivity index (χ3v) is 13.5. The normalized spacial score (nSPS) is 11.6. The number of fused-ring (bicyclic) bond motifs is 2. The van der Waals surface area contributed by atoms with E-state index in [9.17, 15) is 0 Å². The molecule has 0 aliphatic carbocycles. The maximum absolute atomic E-state index is 2.35. The summed E-state index contributed by atoms with van der Waals surface area (Å²) < 4.78 is 0. The molecule has 0 saturated heterocycles. The van der Waals surface area contributed by atoms with Crippen LogP contribution in [0.2, 0.25) is 0 Å². The van der Waals surface area contributed by atoms with Gasteiger partial charge in [-0.15, -0.1) is 0 Å². The molecule has 0 aromatic heterocycles. The first kappa shape index (κ1) is 41.9. The molecule has 0 N–H and O–H groups in total. The molecule has 2 nitrogen and oxygen atoms in total. The first-order valence-electron chi connectivity index (χ1n) is 22.4. The van der Waals surface area contributed by atoms with Crippen LogP contribution in [-0.2, 0) is 0 Å². The number of hydrogen-bond donors (Lipinski definition) is 0. The van der Waals surface area contributed by atoms with Crippen molar-refractivity contribution in [1.29, 1.82) is 0 Å². The minimum atomic E-state index is 1.13. The van der Waals surface area contributed by atoms with Gasteiger partial charge in [-0.05, 0) is 216 Å². The molecule has 2 heteroatoms. The second-order valence-corrected chi connectivity index (χ2v) is 17.2. The summed E-state index contributed by atoms with van der Waals surface area (Å²) >= 11 is 0. The van der Waals surface area contributed by atoms with E-state index in [4.69, 9.17) is 0 Å². The number of hydrogen-bond acceptors (Lipinski definition) is 2. The maximum atomic E-state index is 2.35. The van der Waals surface area contributed by atoms with Gasteiger partial charge in [-0.3, -0.25) is 0 Å². The third-order valence-electron chi connectivity index (χ3n) is 13.5. The highest BCUT2D eigenvalue weighted by molar-refractivity contribution is 6.12. The number of benzene rings is 9. The summed E-state index contributed by atoms with van der Waals surface area (Å²) in [6.45, 7) is 18.6. The summed E-state index contributed by atoms with van der Waals surface area (Å²) in [5, 5.41) is 5.55. The summed E-state index contributed by atoms with van der Waals surface area (Å²) in [4.78, 5) is 4.61. The molecule has 0 atom stereocenters. The zero-order valence-corrected chi connectivity index (χ0v) is 38.4. The van der Waals surface area contributed by atoms with Crippen molar-refractivity contribution in [3.8, 4) is 0 Å². The van der Waals surface area contributed by atoms with Gasteiger partial charge >= 0.3 is 0 Å². The minimum Gasteiger partial charge on any atom is -0.311 e. The van der Waals surface area contributed by atoms with Crippen LogP contribution in [0.1, 0.15) is 66.8 Å². The summed E-state index contributed by atoms with van der Waals surface area (Å²) in [6, 6.07) is 60.1. The van der Waals surface area contributed by atoms with Crippen molar-refractivity contribution >= 4 is 80.0 Å². The van der Waals surface area contributed by atoms with Gasteiger partial charge in [-0.2, -0.15) is 0 Å². The van der Waals surface area contributed by atoms with Crippen molar-refractivity contribution in [1.82, 2.24) is 0 Å². The van der Waals surface area contributed by atoms with Crippen molar-refractivity contribution in [2.45, 2.75) is 55.4 Å². The fourth-order valence-corrected chi connectivity index (χ4v) is 10.0. The monoisotopic (exact) mass is 828 g/mol. The van der Waals surface area contributed by atoms with E-state index in [2.05, 4.69) is 259 Å². The Labute approximate surface area is 380 Å². The molecule has 314 valence electrons. The molecular formula is C62H56N2. The van der Waals surface area contributed by atoms with Gasteiger partial charge in [0, 0.05) is 34.1 Å². The van der Waals surface area contributed by atoms with Crippen LogP contribution in [0, 0.1) is 55.4 Å². The second kappa shape index (κ2) is 17.8. The third kappa shape index (κ3) is 7.71. The van der Waals surface area contributed by atoms with Crippen LogP contribution in [0.4, 0.5) is 34.1 Å². The molecule has 0 aliphatic heterocycles. The Bertz CT molecular complexity index is 2880. The first-order valence-corrected chi connectivity index (χ1v) is 22.4. The number of nitrogens with zero attached hydrogens (tertiary/aromatic N) is 2. The Balaban J connectivity index is 1.05. The predicted molar refractivity (Wildman–Crippen MR) is 279 cm³/mol. The van der Waals surface area contributed by atoms with E-state index in [1.165, 1.54) is 88.3 Å². The van der Waals surface area contributed by atoms with Gasteiger partial charge in [0.05, 0.1) is 0 Å². The molecule has 0 amide bonds. The fraction of sp³-hybridized carbons (Fsp3) is 0.129. The Morgan fingerprint density at radius 2 is 0.484 bits per heavy atom. The molecule has 0 fully saturated rings. The van der Waals surface area contributed by atoms with Crippen molar-refractivity contribution in [3.05, 3.63) is 237 Å². The maximum Gasteiger partial charge on any atom is 0.0462 e. The largest absolute Gasteiger partial charge is 0.311 e. The van der Waals surface area contributed by atoms with Gasteiger partial charge in [0.25, 0.3) is 0 Å². The van der Waals surface area contributed by atoms with E-state index in [0.29, 0.717) is 0 Å². The first-order chi connectivity index (χ1) is 31.1. The van der Waals surface area contributed by atoms with Gasteiger partial charge in [0.1, 0.15) is 0 Å². The van der Waals surface area contributed by atoms with Gasteiger partial charge in [0.15, 0.2) is 0 Å². The molecule has 0 spiro atoms. The van der Waals surface area contributed by atoms with E-state index in [1.807, 2.05) is 0 Å². The molecule has 0 unspecified atom stereocenters. The summed E-state index contributed by atoms with van der Waals surface area (Å²) in [5.74, 6) is 0. The highest BCUT2D eigenvalue weighted by Crippen LogP contribution is 2.44. The molecule has 9 aromatic rings. The lowest BCUT2D eigenvalue weighted by molar-refractivity contribution is 1.28. The zero-order valence-electron chi connectivity index (χ0n) is 38.4. The van der Waals surface area contributed by atoms with Crippen LogP contribution in [0.3, 0.4) is 0 Å². The smallest absolute Gasteiger partial charge is 0.0462 e. The number of aryl methyl sites for hydroxylation is 6. The van der Waals surface area contributed by atoms with Gasteiger partial charge in [0.2, 0.25) is 0 Å². The van der Waals surface area contributed by atoms with Crippen LogP contribution < -0.4 is 9.80 Å². The summed E-state index contributed by atoms with van der Waals surface area (Å²) in [5.41, 5.74) is 22.6. The SMILES string of the molecule is Cc1c(C=Cc2ccc(N(c3ccccc3)c3ccccc3)cc2)c(C)c2c(C)c3c(C)c(C)c(C=Cc4ccc(N(c5ccccc5)c5ccccc5)cc4)c(C)c3c(C)c2c1C. The average molecular weight is 829 g/mol. The molecule has 9 rings (SSSR count). The number of rotatable bonds is 10. The van der Waals surface area contributed by atoms with Crippen LogP contribution in [-0.4, -0.2) is 0 Å². The highest BCUT2D eigenvalue weighted by atomic mass is 15.1. The van der Waals surface area contributed by atoms with Crippen LogP contribution in [0.25, 0.3) is 45.8 Å². The molecule has 0 radical (unpaired) electrons. The van der Waals surface area contributed by atoms with E-state index in [-0.39, 0.29) is 0 Å². The van der Waals surface area contributed by atoms with E-state index < -0.39 is 0 Å². The lowest BCUT2D eigenvalue weighted by Crippen LogP contribution is -2.09. The zero-order chi connectivity index (χ0) is 44.5. The lowest BCUT2D eigenvalue weighted by atomic mass is 9.80.